The second-order valence-electron chi connectivity index (χ2n) is 7.51. The number of aromatic nitrogens is 2. The van der Waals surface area contributed by atoms with E-state index in [9.17, 15) is 30.7 Å². The maximum atomic E-state index is 14.2. The van der Waals surface area contributed by atoms with Gasteiger partial charge >= 0.3 is 12.4 Å². The second kappa shape index (κ2) is 8.16. The Morgan fingerprint density at radius 2 is 1.53 bits per heavy atom. The molecule has 1 aliphatic rings. The topological polar surface area (TPSA) is 29.0 Å². The van der Waals surface area contributed by atoms with E-state index >= 15 is 0 Å². The first-order chi connectivity index (χ1) is 15.0. The molecular weight excluding hydrogens is 439 g/mol. The van der Waals surface area contributed by atoms with E-state index in [4.69, 9.17) is 0 Å². The van der Waals surface area contributed by atoms with Crippen molar-refractivity contribution < 1.29 is 30.7 Å². The van der Waals surface area contributed by atoms with E-state index in [-0.39, 0.29) is 12.1 Å². The van der Waals surface area contributed by atoms with Gasteiger partial charge in [-0.3, -0.25) is 4.90 Å². The highest BCUT2D eigenvalue weighted by Crippen LogP contribution is 2.32. The summed E-state index contributed by atoms with van der Waals surface area (Å²) in [6, 6.07) is 7.05. The zero-order valence-corrected chi connectivity index (χ0v) is 16.4. The van der Waals surface area contributed by atoms with Gasteiger partial charge in [-0.15, -0.1) is 0 Å². The van der Waals surface area contributed by atoms with Crippen LogP contribution in [0.15, 0.2) is 48.7 Å². The maximum Gasteiger partial charge on any atom is 0.416 e. The number of benzene rings is 2. The lowest BCUT2D eigenvalue weighted by Gasteiger charge is -2.28. The number of alkyl halides is 6. The Labute approximate surface area is 178 Å². The zero-order valence-electron chi connectivity index (χ0n) is 16.4. The second-order valence-corrected chi connectivity index (χ2v) is 7.51. The van der Waals surface area contributed by atoms with E-state index in [0.717, 1.165) is 35.5 Å². The summed E-state index contributed by atoms with van der Waals surface area (Å²) < 4.78 is 90.5. The van der Waals surface area contributed by atoms with Gasteiger partial charge in [0.25, 0.3) is 0 Å². The summed E-state index contributed by atoms with van der Waals surface area (Å²) >= 11 is 0. The molecule has 4 rings (SSSR count). The van der Waals surface area contributed by atoms with Gasteiger partial charge in [0, 0.05) is 48.9 Å². The summed E-state index contributed by atoms with van der Waals surface area (Å²) in [7, 11) is 0. The maximum absolute atomic E-state index is 14.2. The van der Waals surface area contributed by atoms with Crippen molar-refractivity contribution in [2.24, 2.45) is 0 Å². The molecule has 3 nitrogen and oxygen atoms in total. The van der Waals surface area contributed by atoms with Gasteiger partial charge in [0.15, 0.2) is 5.82 Å². The third kappa shape index (κ3) is 4.74. The van der Waals surface area contributed by atoms with Gasteiger partial charge in [-0.05, 0) is 24.3 Å². The monoisotopic (exact) mass is 455 g/mol. The standard InChI is InChI=1S/C22H16F7N3/c23-18-9-17(22(27,28)29)6-3-14(18)11-32-8-7-19-15(12-32)10-30-20(31-19)13-1-4-16(5-2-13)21(24,25)26/h1-6,9-10H,7-8,11-12H2. The Hall–Kier alpha value is -3.01. The molecule has 32 heavy (non-hydrogen) atoms. The Morgan fingerprint density at radius 3 is 2.16 bits per heavy atom. The Kier molecular flexibility index (Phi) is 5.66. The first-order valence-electron chi connectivity index (χ1n) is 9.61. The molecule has 0 atom stereocenters. The molecule has 168 valence electrons. The highest BCUT2D eigenvalue weighted by Gasteiger charge is 2.32. The van der Waals surface area contributed by atoms with Crippen molar-refractivity contribution in [3.8, 4) is 11.4 Å². The predicted molar refractivity (Wildman–Crippen MR) is 102 cm³/mol. The molecule has 3 aromatic rings. The average molecular weight is 455 g/mol. The number of halogens is 7. The van der Waals surface area contributed by atoms with Crippen LogP contribution in [0.5, 0.6) is 0 Å². The summed E-state index contributed by atoms with van der Waals surface area (Å²) in [6.45, 7) is 1.00. The van der Waals surface area contributed by atoms with Gasteiger partial charge in [0.1, 0.15) is 5.82 Å². The average Bonchev–Trinajstić information content (AvgIpc) is 2.73. The Morgan fingerprint density at radius 1 is 0.875 bits per heavy atom. The van der Waals surface area contributed by atoms with Crippen LogP contribution in [-0.4, -0.2) is 21.4 Å². The molecule has 0 aliphatic carbocycles. The lowest BCUT2D eigenvalue weighted by molar-refractivity contribution is -0.138. The van der Waals surface area contributed by atoms with Crippen LogP contribution < -0.4 is 0 Å². The van der Waals surface area contributed by atoms with Crippen LogP contribution >= 0.6 is 0 Å². The third-order valence-corrected chi connectivity index (χ3v) is 5.26. The lowest BCUT2D eigenvalue weighted by Crippen LogP contribution is -2.31. The molecule has 10 heteroatoms. The minimum Gasteiger partial charge on any atom is -0.294 e. The van der Waals surface area contributed by atoms with Crippen LogP contribution in [0, 0.1) is 5.82 Å². The largest absolute Gasteiger partial charge is 0.416 e. The number of hydrogen-bond acceptors (Lipinski definition) is 3. The molecule has 2 heterocycles. The Balaban J connectivity index is 1.47. The Bertz CT molecular complexity index is 1120. The van der Waals surface area contributed by atoms with Crippen LogP contribution in [0.2, 0.25) is 0 Å². The van der Waals surface area contributed by atoms with E-state index in [1.807, 2.05) is 4.90 Å². The first kappa shape index (κ1) is 22.2. The van der Waals surface area contributed by atoms with Crippen LogP contribution in [0.25, 0.3) is 11.4 Å². The molecule has 1 aromatic heterocycles. The molecule has 0 saturated heterocycles. The van der Waals surface area contributed by atoms with Gasteiger partial charge in [-0.1, -0.05) is 18.2 Å². The molecule has 0 N–H and O–H groups in total. The van der Waals surface area contributed by atoms with E-state index in [2.05, 4.69) is 9.97 Å². The lowest BCUT2D eigenvalue weighted by atomic mass is 10.0. The van der Waals surface area contributed by atoms with Gasteiger partial charge in [-0.2, -0.15) is 26.3 Å². The van der Waals surface area contributed by atoms with E-state index < -0.39 is 29.3 Å². The molecule has 0 spiro atoms. The molecule has 0 radical (unpaired) electrons. The van der Waals surface area contributed by atoms with Crippen LogP contribution in [-0.2, 0) is 31.9 Å². The van der Waals surface area contributed by atoms with Crippen LogP contribution in [0.1, 0.15) is 27.9 Å². The fourth-order valence-corrected chi connectivity index (χ4v) is 3.55. The van der Waals surface area contributed by atoms with Crippen molar-refractivity contribution in [2.75, 3.05) is 6.54 Å². The van der Waals surface area contributed by atoms with E-state index in [1.54, 1.807) is 6.20 Å². The molecule has 0 amide bonds. The number of nitrogens with zero attached hydrogens (tertiary/aromatic N) is 3. The molecule has 0 bridgehead atoms. The van der Waals surface area contributed by atoms with Crippen LogP contribution in [0.4, 0.5) is 30.7 Å². The number of fused-ring (bicyclic) bond motifs is 1. The summed E-state index contributed by atoms with van der Waals surface area (Å²) in [5.74, 6) is -0.612. The minimum absolute atomic E-state index is 0.129. The number of rotatable bonds is 3. The van der Waals surface area contributed by atoms with E-state index in [1.165, 1.54) is 12.1 Å². The van der Waals surface area contributed by atoms with Crippen molar-refractivity contribution in [2.45, 2.75) is 31.9 Å². The normalized spacial score (nSPS) is 15.0. The minimum atomic E-state index is -4.61. The van der Waals surface area contributed by atoms with Crippen molar-refractivity contribution >= 4 is 0 Å². The molecule has 1 aliphatic heterocycles. The highest BCUT2D eigenvalue weighted by atomic mass is 19.4. The number of hydrogen-bond donors (Lipinski definition) is 0. The van der Waals surface area contributed by atoms with Gasteiger partial charge in [0.05, 0.1) is 16.8 Å². The SMILES string of the molecule is Fc1cc(C(F)(F)F)ccc1CN1CCc2nc(-c3ccc(C(F)(F)F)cc3)ncc2C1. The zero-order chi connectivity index (χ0) is 23.1. The molecule has 0 saturated carbocycles. The molecule has 2 aromatic carbocycles. The van der Waals surface area contributed by atoms with Gasteiger partial charge in [0.2, 0.25) is 0 Å². The van der Waals surface area contributed by atoms with Crippen molar-refractivity contribution in [1.29, 1.82) is 0 Å². The van der Waals surface area contributed by atoms with Crippen LogP contribution in [0.3, 0.4) is 0 Å². The first-order valence-corrected chi connectivity index (χ1v) is 9.61. The van der Waals surface area contributed by atoms with Crippen molar-refractivity contribution in [3.63, 3.8) is 0 Å². The molecule has 0 fully saturated rings. The fraction of sp³-hybridized carbons (Fsp3) is 0.273. The van der Waals surface area contributed by atoms with Gasteiger partial charge in [-0.25, -0.2) is 14.4 Å². The summed E-state index contributed by atoms with van der Waals surface area (Å²) in [5.41, 5.74) is 0.328. The predicted octanol–water partition coefficient (Wildman–Crippen LogP) is 5.88. The van der Waals surface area contributed by atoms with Gasteiger partial charge < -0.3 is 0 Å². The van der Waals surface area contributed by atoms with Crippen molar-refractivity contribution in [3.05, 3.63) is 82.4 Å². The van der Waals surface area contributed by atoms with E-state index in [0.29, 0.717) is 37.0 Å². The third-order valence-electron chi connectivity index (χ3n) is 5.26. The molecular formula is C22H16F7N3. The summed E-state index contributed by atoms with van der Waals surface area (Å²) in [6.07, 6.45) is -6.96. The summed E-state index contributed by atoms with van der Waals surface area (Å²) in [4.78, 5) is 10.6. The summed E-state index contributed by atoms with van der Waals surface area (Å²) in [5, 5.41) is 0. The van der Waals surface area contributed by atoms with Crippen molar-refractivity contribution in [1.82, 2.24) is 14.9 Å². The quantitative estimate of drug-likeness (QED) is 0.462. The smallest absolute Gasteiger partial charge is 0.294 e. The fourth-order valence-electron chi connectivity index (χ4n) is 3.55. The molecule has 0 unspecified atom stereocenters. The highest BCUT2D eigenvalue weighted by molar-refractivity contribution is 5.56.